The van der Waals surface area contributed by atoms with Gasteiger partial charge in [-0.3, -0.25) is 0 Å². The molecule has 0 amide bonds. The molecule has 128 valence electrons. The van der Waals surface area contributed by atoms with E-state index in [0.29, 0.717) is 38.5 Å². The van der Waals surface area contributed by atoms with Crippen molar-refractivity contribution in [3.05, 3.63) is 35.9 Å². The molecule has 1 aromatic rings. The maximum absolute atomic E-state index is 12.6. The zero-order chi connectivity index (χ0) is 15.9. The number of hydrogen-bond donors (Lipinski definition) is 1. The Kier molecular flexibility index (Phi) is 9.87. The lowest BCUT2D eigenvalue weighted by Crippen LogP contribution is -2.45. The minimum Gasteiger partial charge on any atom is -0.329 e. The third kappa shape index (κ3) is 6.62. The molecule has 0 unspecified atom stereocenters. The summed E-state index contributed by atoms with van der Waals surface area (Å²) in [6.45, 7) is 5.63. The number of hydrogen-bond acceptors (Lipinski definition) is 3. The first-order chi connectivity index (χ1) is 9.87. The van der Waals surface area contributed by atoms with Crippen LogP contribution in [0.25, 0.3) is 0 Å². The lowest BCUT2D eigenvalue weighted by atomic mass is 10.1. The van der Waals surface area contributed by atoms with Crippen LogP contribution in [0.15, 0.2) is 30.3 Å². The fourth-order valence-corrected chi connectivity index (χ4v) is 3.73. The number of benzene rings is 1. The summed E-state index contributed by atoms with van der Waals surface area (Å²) in [7, 11) is -1.82. The lowest BCUT2D eigenvalue weighted by molar-refractivity contribution is 0.346. The van der Waals surface area contributed by atoms with E-state index >= 15 is 0 Å². The summed E-state index contributed by atoms with van der Waals surface area (Å²) in [5, 5.41) is 0. The molecule has 7 heteroatoms. The molecule has 0 atom stereocenters. The molecule has 5 nitrogen and oxygen atoms in total. The lowest BCUT2D eigenvalue weighted by Gasteiger charge is -2.28. The van der Waals surface area contributed by atoms with Gasteiger partial charge in [0.25, 0.3) is 10.2 Å². The largest absolute Gasteiger partial charge is 0.329 e. The highest BCUT2D eigenvalue weighted by atomic mass is 35.5. The van der Waals surface area contributed by atoms with Gasteiger partial charge in [-0.1, -0.05) is 44.2 Å². The van der Waals surface area contributed by atoms with Gasteiger partial charge in [0.1, 0.15) is 0 Å². The van der Waals surface area contributed by atoms with Crippen molar-refractivity contribution in [2.24, 2.45) is 11.7 Å². The summed E-state index contributed by atoms with van der Waals surface area (Å²) < 4.78 is 28.0. The number of nitrogens with two attached hydrogens (primary N) is 1. The Balaban J connectivity index is 0.00000441. The SMILES string of the molecule is CC(C)CN(C)S(=O)(=O)N(CCN)CCc1ccccc1.Cl. The second-order valence-corrected chi connectivity index (χ2v) is 7.64. The van der Waals surface area contributed by atoms with Gasteiger partial charge >= 0.3 is 0 Å². The van der Waals surface area contributed by atoms with E-state index in [2.05, 4.69) is 0 Å². The Labute approximate surface area is 141 Å². The standard InChI is InChI=1S/C15H27N3O2S.ClH/c1-14(2)13-17(3)21(19,20)18(12-10-16)11-9-15-7-5-4-6-8-15;/h4-8,14H,9-13,16H2,1-3H3;1H. The van der Waals surface area contributed by atoms with Crippen LogP contribution in [0.1, 0.15) is 19.4 Å². The van der Waals surface area contributed by atoms with Crippen LogP contribution in [0.4, 0.5) is 0 Å². The van der Waals surface area contributed by atoms with Crippen molar-refractivity contribution in [1.29, 1.82) is 0 Å². The molecule has 1 rings (SSSR count). The third-order valence-corrected chi connectivity index (χ3v) is 5.17. The van der Waals surface area contributed by atoms with Crippen LogP contribution in [0.2, 0.25) is 0 Å². The van der Waals surface area contributed by atoms with Crippen molar-refractivity contribution < 1.29 is 8.42 Å². The fraction of sp³-hybridized carbons (Fsp3) is 0.600. The normalized spacial score (nSPS) is 12.0. The molecule has 22 heavy (non-hydrogen) atoms. The highest BCUT2D eigenvalue weighted by Gasteiger charge is 2.26. The van der Waals surface area contributed by atoms with Crippen molar-refractivity contribution in [3.8, 4) is 0 Å². The molecule has 1 aromatic carbocycles. The molecule has 0 spiro atoms. The highest BCUT2D eigenvalue weighted by molar-refractivity contribution is 7.86. The summed E-state index contributed by atoms with van der Waals surface area (Å²) in [5.41, 5.74) is 6.70. The van der Waals surface area contributed by atoms with E-state index in [0.717, 1.165) is 5.56 Å². The molecule has 0 aliphatic carbocycles. The van der Waals surface area contributed by atoms with Gasteiger partial charge in [0.2, 0.25) is 0 Å². The first-order valence-electron chi connectivity index (χ1n) is 7.33. The van der Waals surface area contributed by atoms with Gasteiger partial charge < -0.3 is 5.73 Å². The van der Waals surface area contributed by atoms with E-state index in [1.807, 2.05) is 44.2 Å². The highest BCUT2D eigenvalue weighted by Crippen LogP contribution is 2.10. The van der Waals surface area contributed by atoms with Crippen LogP contribution in [0.3, 0.4) is 0 Å². The molecule has 0 saturated carbocycles. The van der Waals surface area contributed by atoms with Crippen LogP contribution in [-0.4, -0.2) is 50.3 Å². The van der Waals surface area contributed by atoms with E-state index in [1.165, 1.54) is 8.61 Å². The van der Waals surface area contributed by atoms with Crippen LogP contribution in [-0.2, 0) is 16.6 Å². The zero-order valence-electron chi connectivity index (χ0n) is 13.6. The Bertz CT molecular complexity index is 509. The van der Waals surface area contributed by atoms with Gasteiger partial charge in [-0.25, -0.2) is 0 Å². The minimum absolute atomic E-state index is 0. The van der Waals surface area contributed by atoms with E-state index in [-0.39, 0.29) is 12.4 Å². The smallest absolute Gasteiger partial charge is 0.281 e. The number of rotatable bonds is 9. The van der Waals surface area contributed by atoms with Crippen molar-refractivity contribution in [2.75, 3.05) is 33.2 Å². The molecular formula is C15H28ClN3O2S. The first kappa shape index (κ1) is 21.3. The Morgan fingerprint density at radius 3 is 2.23 bits per heavy atom. The van der Waals surface area contributed by atoms with Crippen molar-refractivity contribution >= 4 is 22.6 Å². The van der Waals surface area contributed by atoms with Crippen LogP contribution >= 0.6 is 12.4 Å². The molecule has 0 saturated heterocycles. The average Bonchev–Trinajstić information content (AvgIpc) is 2.43. The molecule has 0 bridgehead atoms. The molecule has 0 fully saturated rings. The molecule has 0 aliphatic heterocycles. The second kappa shape index (κ2) is 10.2. The zero-order valence-corrected chi connectivity index (χ0v) is 15.2. The van der Waals surface area contributed by atoms with Gasteiger partial charge in [0, 0.05) is 33.2 Å². The van der Waals surface area contributed by atoms with Crippen molar-refractivity contribution in [1.82, 2.24) is 8.61 Å². The molecule has 0 aliphatic rings. The predicted octanol–water partition coefficient (Wildman–Crippen LogP) is 1.74. The molecule has 0 radical (unpaired) electrons. The van der Waals surface area contributed by atoms with E-state index in [1.54, 1.807) is 7.05 Å². The van der Waals surface area contributed by atoms with Gasteiger partial charge in [-0.2, -0.15) is 17.0 Å². The Hall–Kier alpha value is -0.660. The second-order valence-electron chi connectivity index (χ2n) is 5.61. The summed E-state index contributed by atoms with van der Waals surface area (Å²) in [5.74, 6) is 0.290. The summed E-state index contributed by atoms with van der Waals surface area (Å²) in [6.07, 6.45) is 0.690. The van der Waals surface area contributed by atoms with Crippen LogP contribution < -0.4 is 5.73 Å². The predicted molar refractivity (Wildman–Crippen MR) is 94.4 cm³/mol. The molecule has 0 aromatic heterocycles. The maximum atomic E-state index is 12.6. The summed E-state index contributed by atoms with van der Waals surface area (Å²) in [6, 6.07) is 9.88. The topological polar surface area (TPSA) is 66.6 Å². The minimum atomic E-state index is -3.44. The summed E-state index contributed by atoms with van der Waals surface area (Å²) >= 11 is 0. The van der Waals surface area contributed by atoms with E-state index in [9.17, 15) is 8.42 Å². The van der Waals surface area contributed by atoms with Crippen molar-refractivity contribution in [2.45, 2.75) is 20.3 Å². The molecule has 0 heterocycles. The number of halogens is 1. The molecule has 2 N–H and O–H groups in total. The number of nitrogens with zero attached hydrogens (tertiary/aromatic N) is 2. The molecular weight excluding hydrogens is 322 g/mol. The average molecular weight is 350 g/mol. The third-order valence-electron chi connectivity index (χ3n) is 3.21. The van der Waals surface area contributed by atoms with Gasteiger partial charge in [-0.05, 0) is 17.9 Å². The quantitative estimate of drug-likeness (QED) is 0.738. The fourth-order valence-electron chi connectivity index (χ4n) is 2.19. The summed E-state index contributed by atoms with van der Waals surface area (Å²) in [4.78, 5) is 0. The van der Waals surface area contributed by atoms with Crippen LogP contribution in [0, 0.1) is 5.92 Å². The Morgan fingerprint density at radius 1 is 1.14 bits per heavy atom. The van der Waals surface area contributed by atoms with Crippen molar-refractivity contribution in [3.63, 3.8) is 0 Å². The van der Waals surface area contributed by atoms with Crippen LogP contribution in [0.5, 0.6) is 0 Å². The van der Waals surface area contributed by atoms with Gasteiger partial charge in [0.15, 0.2) is 0 Å². The monoisotopic (exact) mass is 349 g/mol. The van der Waals surface area contributed by atoms with E-state index in [4.69, 9.17) is 5.73 Å². The van der Waals surface area contributed by atoms with E-state index < -0.39 is 10.2 Å². The Morgan fingerprint density at radius 2 is 1.73 bits per heavy atom. The van der Waals surface area contributed by atoms with Gasteiger partial charge in [-0.15, -0.1) is 12.4 Å². The maximum Gasteiger partial charge on any atom is 0.281 e. The first-order valence-corrected chi connectivity index (χ1v) is 8.73. The van der Waals surface area contributed by atoms with Gasteiger partial charge in [0.05, 0.1) is 0 Å².